The molecule has 0 saturated carbocycles. The smallest absolute Gasteiger partial charge is 0.264 e. The maximum absolute atomic E-state index is 12.4. The number of carbonyl (C=O) groups is 1. The highest BCUT2D eigenvalue weighted by molar-refractivity contribution is 8.18. The zero-order chi connectivity index (χ0) is 20.1. The summed E-state index contributed by atoms with van der Waals surface area (Å²) in [6.45, 7) is 6.71. The second-order valence-electron chi connectivity index (χ2n) is 6.48. The van der Waals surface area contributed by atoms with Gasteiger partial charge in [0.15, 0.2) is 16.7 Å². The summed E-state index contributed by atoms with van der Waals surface area (Å²) >= 11 is 1.34. The Hall–Kier alpha value is -2.73. The lowest BCUT2D eigenvalue weighted by atomic mass is 10.1. The third-order valence-electron chi connectivity index (χ3n) is 4.25. The highest BCUT2D eigenvalue weighted by atomic mass is 32.2. The number of amidine groups is 1. The van der Waals surface area contributed by atoms with E-state index in [0.29, 0.717) is 28.2 Å². The predicted molar refractivity (Wildman–Crippen MR) is 116 cm³/mol. The number of carbonyl (C=O) groups excluding carboxylic acids is 1. The number of methoxy groups -OCH3 is 1. The molecule has 0 aromatic heterocycles. The van der Waals surface area contributed by atoms with Crippen LogP contribution < -0.4 is 14.8 Å². The number of thioether (sulfide) groups is 1. The number of amides is 1. The van der Waals surface area contributed by atoms with E-state index in [1.807, 2.05) is 56.3 Å². The van der Waals surface area contributed by atoms with Gasteiger partial charge in [-0.15, -0.1) is 0 Å². The average Bonchev–Trinajstić information content (AvgIpc) is 3.02. The standard InChI is InChI=1S/C22H24N2O3S/c1-5-11-27-17-10-9-16(12-18(17)26-4)13-19-21(25)24-22(28-19)23-20-14(2)7-6-8-15(20)3/h6-10,12-13H,5,11H2,1-4H3,(H,23,24,25)/b19-13-. The molecule has 1 fully saturated rings. The molecule has 146 valence electrons. The number of rotatable bonds is 6. The summed E-state index contributed by atoms with van der Waals surface area (Å²) in [4.78, 5) is 17.6. The maximum Gasteiger partial charge on any atom is 0.264 e. The molecule has 0 unspecified atom stereocenters. The number of nitrogens with zero attached hydrogens (tertiary/aromatic N) is 1. The van der Waals surface area contributed by atoms with Crippen LogP contribution in [0.2, 0.25) is 0 Å². The Bertz CT molecular complexity index is 931. The van der Waals surface area contributed by atoms with Crippen LogP contribution in [0.4, 0.5) is 5.69 Å². The predicted octanol–water partition coefficient (Wildman–Crippen LogP) is 4.99. The molecule has 1 N–H and O–H groups in total. The fourth-order valence-corrected chi connectivity index (χ4v) is 3.65. The SMILES string of the molecule is CCCOc1ccc(/C=C2\SC(=Nc3c(C)cccc3C)NC2=O)cc1OC. The van der Waals surface area contributed by atoms with Crippen molar-refractivity contribution in [3.05, 3.63) is 58.0 Å². The molecule has 2 aromatic carbocycles. The average molecular weight is 397 g/mol. The Kier molecular flexibility index (Phi) is 6.41. The zero-order valence-electron chi connectivity index (χ0n) is 16.5. The normalized spacial score (nSPS) is 16.5. The van der Waals surface area contributed by atoms with E-state index in [2.05, 4.69) is 17.2 Å². The van der Waals surface area contributed by atoms with Crippen LogP contribution in [-0.2, 0) is 4.79 Å². The van der Waals surface area contributed by atoms with Crippen LogP contribution in [-0.4, -0.2) is 24.8 Å². The number of hydrogen-bond acceptors (Lipinski definition) is 5. The molecule has 1 aliphatic rings. The molecule has 3 rings (SSSR count). The third-order valence-corrected chi connectivity index (χ3v) is 5.16. The monoisotopic (exact) mass is 396 g/mol. The van der Waals surface area contributed by atoms with Gasteiger partial charge in [0.1, 0.15) is 0 Å². The van der Waals surface area contributed by atoms with Crippen molar-refractivity contribution in [2.24, 2.45) is 4.99 Å². The molecule has 28 heavy (non-hydrogen) atoms. The third kappa shape index (κ3) is 4.57. The van der Waals surface area contributed by atoms with E-state index >= 15 is 0 Å². The summed E-state index contributed by atoms with van der Waals surface area (Å²) in [5, 5.41) is 3.43. The fraction of sp³-hybridized carbons (Fsp3) is 0.273. The molecule has 0 radical (unpaired) electrons. The Morgan fingerprint density at radius 2 is 1.89 bits per heavy atom. The highest BCUT2D eigenvalue weighted by Gasteiger charge is 2.24. The Balaban J connectivity index is 1.84. The first-order valence-electron chi connectivity index (χ1n) is 9.18. The molecule has 1 aliphatic heterocycles. The van der Waals surface area contributed by atoms with Gasteiger partial charge in [-0.05, 0) is 66.9 Å². The quantitative estimate of drug-likeness (QED) is 0.699. The lowest BCUT2D eigenvalue weighted by Crippen LogP contribution is -2.19. The van der Waals surface area contributed by atoms with Gasteiger partial charge in [0.2, 0.25) is 0 Å². The number of aryl methyl sites for hydroxylation is 2. The zero-order valence-corrected chi connectivity index (χ0v) is 17.4. The molecule has 6 heteroatoms. The molecule has 1 heterocycles. The number of benzene rings is 2. The second kappa shape index (κ2) is 8.97. The topological polar surface area (TPSA) is 59.9 Å². The summed E-state index contributed by atoms with van der Waals surface area (Å²) < 4.78 is 11.1. The molecular formula is C22H24N2O3S. The van der Waals surface area contributed by atoms with Gasteiger partial charge in [-0.3, -0.25) is 4.79 Å². The van der Waals surface area contributed by atoms with Crippen LogP contribution in [0.1, 0.15) is 30.0 Å². The molecule has 1 amide bonds. The van der Waals surface area contributed by atoms with Gasteiger partial charge in [0.25, 0.3) is 5.91 Å². The molecule has 2 aromatic rings. The van der Waals surface area contributed by atoms with Crippen molar-refractivity contribution < 1.29 is 14.3 Å². The molecule has 1 saturated heterocycles. The van der Waals surface area contributed by atoms with Crippen molar-refractivity contribution in [1.82, 2.24) is 5.32 Å². The van der Waals surface area contributed by atoms with Crippen molar-refractivity contribution in [2.45, 2.75) is 27.2 Å². The summed E-state index contributed by atoms with van der Waals surface area (Å²) in [7, 11) is 1.61. The minimum absolute atomic E-state index is 0.153. The van der Waals surface area contributed by atoms with Crippen LogP contribution in [0.3, 0.4) is 0 Å². The van der Waals surface area contributed by atoms with Gasteiger partial charge in [0, 0.05) is 0 Å². The first-order valence-corrected chi connectivity index (χ1v) is 10.00. The van der Waals surface area contributed by atoms with Crippen LogP contribution in [0.25, 0.3) is 6.08 Å². The Morgan fingerprint density at radius 3 is 2.57 bits per heavy atom. The van der Waals surface area contributed by atoms with E-state index in [9.17, 15) is 4.79 Å². The van der Waals surface area contributed by atoms with E-state index in [-0.39, 0.29) is 5.91 Å². The van der Waals surface area contributed by atoms with Gasteiger partial charge >= 0.3 is 0 Å². The van der Waals surface area contributed by atoms with Crippen LogP contribution in [0, 0.1) is 13.8 Å². The van der Waals surface area contributed by atoms with Gasteiger partial charge < -0.3 is 14.8 Å². The lowest BCUT2D eigenvalue weighted by molar-refractivity contribution is -0.115. The summed E-state index contributed by atoms with van der Waals surface area (Å²) in [6.07, 6.45) is 2.76. The van der Waals surface area contributed by atoms with Crippen molar-refractivity contribution in [3.8, 4) is 11.5 Å². The first-order chi connectivity index (χ1) is 13.5. The number of nitrogens with one attached hydrogen (secondary N) is 1. The van der Waals surface area contributed by atoms with Gasteiger partial charge in [0.05, 0.1) is 24.3 Å². The highest BCUT2D eigenvalue weighted by Crippen LogP contribution is 2.33. The lowest BCUT2D eigenvalue weighted by Gasteiger charge is -2.10. The van der Waals surface area contributed by atoms with Crippen LogP contribution in [0.15, 0.2) is 46.3 Å². The number of para-hydroxylation sites is 1. The Labute approximate surface area is 169 Å². The van der Waals surface area contributed by atoms with Gasteiger partial charge in [-0.2, -0.15) is 0 Å². The molecule has 0 atom stereocenters. The number of aliphatic imine (C=N–C) groups is 1. The molecule has 0 aliphatic carbocycles. The first kappa shape index (κ1) is 20.0. The van der Waals surface area contributed by atoms with Crippen LogP contribution in [0.5, 0.6) is 11.5 Å². The van der Waals surface area contributed by atoms with Crippen molar-refractivity contribution in [2.75, 3.05) is 13.7 Å². The van der Waals surface area contributed by atoms with Crippen molar-refractivity contribution >= 4 is 34.6 Å². The molecular weight excluding hydrogens is 372 g/mol. The van der Waals surface area contributed by atoms with Crippen LogP contribution >= 0.6 is 11.8 Å². The van der Waals surface area contributed by atoms with E-state index in [1.54, 1.807) is 7.11 Å². The Morgan fingerprint density at radius 1 is 1.14 bits per heavy atom. The second-order valence-corrected chi connectivity index (χ2v) is 7.51. The maximum atomic E-state index is 12.4. The summed E-state index contributed by atoms with van der Waals surface area (Å²) in [6, 6.07) is 11.7. The van der Waals surface area contributed by atoms with Crippen molar-refractivity contribution in [3.63, 3.8) is 0 Å². The van der Waals surface area contributed by atoms with E-state index in [1.165, 1.54) is 11.8 Å². The van der Waals surface area contributed by atoms with Gasteiger partial charge in [-0.1, -0.05) is 31.2 Å². The van der Waals surface area contributed by atoms with Gasteiger partial charge in [-0.25, -0.2) is 4.99 Å². The minimum Gasteiger partial charge on any atom is -0.493 e. The van der Waals surface area contributed by atoms with E-state index < -0.39 is 0 Å². The molecule has 0 spiro atoms. The minimum atomic E-state index is -0.153. The number of hydrogen-bond donors (Lipinski definition) is 1. The summed E-state index contributed by atoms with van der Waals surface area (Å²) in [5.41, 5.74) is 3.91. The molecule has 5 nitrogen and oxygen atoms in total. The van der Waals surface area contributed by atoms with Crippen molar-refractivity contribution in [1.29, 1.82) is 0 Å². The fourth-order valence-electron chi connectivity index (χ4n) is 2.82. The summed E-state index contributed by atoms with van der Waals surface area (Å²) in [5.74, 6) is 1.20. The molecule has 0 bridgehead atoms. The number of ether oxygens (including phenoxy) is 2. The van der Waals surface area contributed by atoms with E-state index in [0.717, 1.165) is 28.8 Å². The largest absolute Gasteiger partial charge is 0.493 e. The van der Waals surface area contributed by atoms with E-state index in [4.69, 9.17) is 9.47 Å².